The third-order valence-corrected chi connectivity index (χ3v) is 5.69. The second-order valence-corrected chi connectivity index (χ2v) is 10.5. The number of hydrogen-bond donors (Lipinski definition) is 2. The van der Waals surface area contributed by atoms with Gasteiger partial charge in [-0.1, -0.05) is 41.5 Å². The number of alkyl halides is 4. The van der Waals surface area contributed by atoms with Crippen LogP contribution in [0.1, 0.15) is 87.5 Å². The van der Waals surface area contributed by atoms with E-state index in [0.29, 0.717) is 13.3 Å². The molecule has 0 saturated heterocycles. The Bertz CT molecular complexity index is 689. The Labute approximate surface area is 200 Å². The van der Waals surface area contributed by atoms with Crippen LogP contribution in [0.2, 0.25) is 0 Å². The van der Waals surface area contributed by atoms with E-state index in [0.717, 1.165) is 6.92 Å². The number of esters is 1. The van der Waals surface area contributed by atoms with Gasteiger partial charge < -0.3 is 9.84 Å². The average molecular weight is 500 g/mol. The topological polar surface area (TPSA) is 92.7 Å². The molecular formula is C24H41F4NO5. The second-order valence-electron chi connectivity index (χ2n) is 10.5. The van der Waals surface area contributed by atoms with Gasteiger partial charge in [-0.15, -0.1) is 0 Å². The Balaban J connectivity index is 5.36. The Morgan fingerprint density at radius 2 is 1.41 bits per heavy atom. The fraction of sp³-hybridized carbons (Fsp3) is 0.875. The fourth-order valence-electron chi connectivity index (χ4n) is 3.65. The maximum atomic E-state index is 15.2. The highest BCUT2D eigenvalue weighted by atomic mass is 19.4. The van der Waals surface area contributed by atoms with Crippen LogP contribution in [0.5, 0.6) is 0 Å². The molecule has 0 heterocycles. The SMILES string of the molecule is CCC(CC(C)(F)C(=O)NC(=O)C(C)CC(C)C)C(=O)OC(CC(C)C)CC(C)(O)C(F)(F)F. The van der Waals surface area contributed by atoms with E-state index in [2.05, 4.69) is 0 Å². The summed E-state index contributed by atoms with van der Waals surface area (Å²) in [5.74, 6) is -4.34. The molecular weight excluding hydrogens is 458 g/mol. The van der Waals surface area contributed by atoms with Crippen LogP contribution < -0.4 is 5.32 Å². The lowest BCUT2D eigenvalue weighted by atomic mass is 9.89. The van der Waals surface area contributed by atoms with Crippen molar-refractivity contribution < 1.29 is 41.8 Å². The van der Waals surface area contributed by atoms with Crippen molar-refractivity contribution in [3.05, 3.63) is 0 Å². The van der Waals surface area contributed by atoms with Gasteiger partial charge in [0.15, 0.2) is 11.3 Å². The molecule has 200 valence electrons. The van der Waals surface area contributed by atoms with Crippen molar-refractivity contribution in [3.63, 3.8) is 0 Å². The highest BCUT2D eigenvalue weighted by Crippen LogP contribution is 2.36. The van der Waals surface area contributed by atoms with Gasteiger partial charge in [-0.3, -0.25) is 19.7 Å². The highest BCUT2D eigenvalue weighted by Gasteiger charge is 2.51. The molecule has 2 N–H and O–H groups in total. The third-order valence-electron chi connectivity index (χ3n) is 5.69. The van der Waals surface area contributed by atoms with Crippen molar-refractivity contribution >= 4 is 17.8 Å². The smallest absolute Gasteiger partial charge is 0.417 e. The summed E-state index contributed by atoms with van der Waals surface area (Å²) in [7, 11) is 0. The van der Waals surface area contributed by atoms with Gasteiger partial charge in [-0.2, -0.15) is 13.2 Å². The molecule has 0 radical (unpaired) electrons. The molecule has 0 bridgehead atoms. The maximum Gasteiger partial charge on any atom is 0.417 e. The molecule has 0 aliphatic heterocycles. The highest BCUT2D eigenvalue weighted by molar-refractivity contribution is 6.00. The van der Waals surface area contributed by atoms with Gasteiger partial charge in [0.25, 0.3) is 5.91 Å². The first-order chi connectivity index (χ1) is 15.2. The van der Waals surface area contributed by atoms with Crippen molar-refractivity contribution in [1.29, 1.82) is 0 Å². The number of halogens is 4. The number of carbonyl (C=O) groups is 3. The zero-order chi connectivity index (χ0) is 27.1. The number of nitrogens with one attached hydrogen (secondary N) is 1. The van der Waals surface area contributed by atoms with Gasteiger partial charge >= 0.3 is 12.1 Å². The summed E-state index contributed by atoms with van der Waals surface area (Å²) < 4.78 is 59.8. The van der Waals surface area contributed by atoms with Crippen LogP contribution in [0.4, 0.5) is 17.6 Å². The first-order valence-electron chi connectivity index (χ1n) is 11.8. The summed E-state index contributed by atoms with van der Waals surface area (Å²) in [4.78, 5) is 37.3. The van der Waals surface area contributed by atoms with Crippen LogP contribution >= 0.6 is 0 Å². The molecule has 0 aliphatic rings. The van der Waals surface area contributed by atoms with Gasteiger partial charge in [-0.25, -0.2) is 4.39 Å². The molecule has 5 unspecified atom stereocenters. The van der Waals surface area contributed by atoms with E-state index in [-0.39, 0.29) is 24.7 Å². The van der Waals surface area contributed by atoms with Crippen molar-refractivity contribution in [1.82, 2.24) is 5.32 Å². The maximum absolute atomic E-state index is 15.2. The van der Waals surface area contributed by atoms with Gasteiger partial charge in [0, 0.05) is 18.8 Å². The lowest BCUT2D eigenvalue weighted by Crippen LogP contribution is -2.48. The number of imide groups is 1. The molecule has 0 fully saturated rings. The Kier molecular flexibility index (Phi) is 12.2. The first kappa shape index (κ1) is 32.3. The Morgan fingerprint density at radius 1 is 0.912 bits per heavy atom. The minimum Gasteiger partial charge on any atom is -0.462 e. The molecule has 0 aromatic rings. The van der Waals surface area contributed by atoms with Gasteiger partial charge in [0.2, 0.25) is 5.91 Å². The predicted octanol–water partition coefficient (Wildman–Crippen LogP) is 5.12. The van der Waals surface area contributed by atoms with E-state index in [9.17, 15) is 32.7 Å². The molecule has 2 amide bonds. The number of aliphatic hydroxyl groups is 1. The van der Waals surface area contributed by atoms with Gasteiger partial charge in [0.1, 0.15) is 6.10 Å². The van der Waals surface area contributed by atoms with E-state index < -0.39 is 66.0 Å². The summed E-state index contributed by atoms with van der Waals surface area (Å²) in [5.41, 5.74) is -5.66. The van der Waals surface area contributed by atoms with E-state index in [1.54, 1.807) is 27.7 Å². The Hall–Kier alpha value is -1.71. The van der Waals surface area contributed by atoms with Crippen molar-refractivity contribution in [2.45, 2.75) is 111 Å². The third kappa shape index (κ3) is 10.7. The van der Waals surface area contributed by atoms with Crippen molar-refractivity contribution in [2.24, 2.45) is 23.7 Å². The lowest BCUT2D eigenvalue weighted by Gasteiger charge is -2.32. The summed E-state index contributed by atoms with van der Waals surface area (Å²) >= 11 is 0. The molecule has 34 heavy (non-hydrogen) atoms. The number of carbonyl (C=O) groups excluding carboxylic acids is 3. The van der Waals surface area contributed by atoms with E-state index >= 15 is 4.39 Å². The largest absolute Gasteiger partial charge is 0.462 e. The molecule has 0 spiro atoms. The standard InChI is InChI=1S/C24H41F4NO5/c1-9-17(12-22(7,25)21(32)29-19(30)16(6)10-14(2)3)20(31)34-18(11-15(4)5)13-23(8,33)24(26,27)28/h14-18,33H,9-13H2,1-8H3,(H,29,30,32). The molecule has 10 heteroatoms. The van der Waals surface area contributed by atoms with E-state index in [4.69, 9.17) is 4.74 Å². The molecule has 6 nitrogen and oxygen atoms in total. The van der Waals surface area contributed by atoms with Crippen LogP contribution in [0.3, 0.4) is 0 Å². The summed E-state index contributed by atoms with van der Waals surface area (Å²) in [6, 6.07) is 0. The van der Waals surface area contributed by atoms with Crippen molar-refractivity contribution in [3.8, 4) is 0 Å². The summed E-state index contributed by atoms with van der Waals surface area (Å²) in [6.45, 7) is 12.0. The van der Waals surface area contributed by atoms with Crippen LogP contribution in [0.25, 0.3) is 0 Å². The molecule has 0 rings (SSSR count). The Morgan fingerprint density at radius 3 is 1.82 bits per heavy atom. The second kappa shape index (κ2) is 12.8. The molecule has 0 saturated carbocycles. The lowest BCUT2D eigenvalue weighted by molar-refractivity contribution is -0.262. The van der Waals surface area contributed by atoms with Gasteiger partial charge in [-0.05, 0) is 44.9 Å². The average Bonchev–Trinajstić information content (AvgIpc) is 2.63. The van der Waals surface area contributed by atoms with Crippen LogP contribution in [-0.2, 0) is 19.1 Å². The number of hydrogen-bond acceptors (Lipinski definition) is 5. The fourth-order valence-corrected chi connectivity index (χ4v) is 3.65. The first-order valence-corrected chi connectivity index (χ1v) is 11.8. The van der Waals surface area contributed by atoms with Gasteiger partial charge in [0.05, 0.1) is 5.92 Å². The summed E-state index contributed by atoms with van der Waals surface area (Å²) in [6.07, 6.45) is -7.02. The number of amides is 2. The van der Waals surface area contributed by atoms with E-state index in [1.807, 2.05) is 19.2 Å². The quantitative estimate of drug-likeness (QED) is 0.271. The van der Waals surface area contributed by atoms with E-state index in [1.165, 1.54) is 0 Å². The predicted molar refractivity (Wildman–Crippen MR) is 120 cm³/mol. The van der Waals surface area contributed by atoms with Crippen LogP contribution in [-0.4, -0.2) is 46.4 Å². The molecule has 5 atom stereocenters. The zero-order valence-electron chi connectivity index (χ0n) is 21.5. The minimum absolute atomic E-state index is 0.0595. The minimum atomic E-state index is -4.92. The van der Waals surface area contributed by atoms with Crippen LogP contribution in [0, 0.1) is 23.7 Å². The monoisotopic (exact) mass is 499 g/mol. The summed E-state index contributed by atoms with van der Waals surface area (Å²) in [5, 5.41) is 11.9. The molecule has 0 aromatic carbocycles. The zero-order valence-corrected chi connectivity index (χ0v) is 21.5. The number of ether oxygens (including phenoxy) is 1. The number of rotatable bonds is 13. The molecule has 0 aromatic heterocycles. The normalized spacial score (nSPS) is 18.6. The molecule has 0 aliphatic carbocycles. The van der Waals surface area contributed by atoms with Crippen molar-refractivity contribution in [2.75, 3.05) is 0 Å². The van der Waals surface area contributed by atoms with Crippen LogP contribution in [0.15, 0.2) is 0 Å².